The van der Waals surface area contributed by atoms with Gasteiger partial charge in [-0.15, -0.1) is 0 Å². The van der Waals surface area contributed by atoms with Crippen molar-refractivity contribution in [2.45, 2.75) is 13.1 Å². The fraction of sp³-hybridized carbons (Fsp3) is 0.136. The van der Waals surface area contributed by atoms with Gasteiger partial charge in [0.25, 0.3) is 5.91 Å². The number of nitrogens with zero attached hydrogens (tertiary/aromatic N) is 2. The highest BCUT2D eigenvalue weighted by Crippen LogP contribution is 2.27. The standard InChI is InChI=1S/C22H18F3N3O2/c1-15-7-10-17(11-8-15)27-20(29)14-28(18-5-3-2-4-6-18)21(30)16-9-12-19(26-13-16)22(23,24)25/h2-13H,14H2,1H3,(H,27,29). The van der Waals surface area contributed by atoms with Gasteiger partial charge in [-0.05, 0) is 43.3 Å². The summed E-state index contributed by atoms with van der Waals surface area (Å²) in [5, 5.41) is 2.71. The highest BCUT2D eigenvalue weighted by molar-refractivity contribution is 6.10. The Kier molecular flexibility index (Phi) is 6.15. The van der Waals surface area contributed by atoms with Gasteiger partial charge in [0.05, 0.1) is 5.56 Å². The number of anilines is 2. The van der Waals surface area contributed by atoms with Crippen LogP contribution in [0.4, 0.5) is 24.5 Å². The lowest BCUT2D eigenvalue weighted by Gasteiger charge is -2.22. The first kappa shape index (κ1) is 21.0. The molecule has 5 nitrogen and oxygen atoms in total. The molecular weight excluding hydrogens is 395 g/mol. The van der Waals surface area contributed by atoms with Crippen LogP contribution in [-0.4, -0.2) is 23.3 Å². The number of benzene rings is 2. The van der Waals surface area contributed by atoms with Gasteiger partial charge in [-0.3, -0.25) is 19.5 Å². The van der Waals surface area contributed by atoms with Crippen LogP contribution in [0.2, 0.25) is 0 Å². The van der Waals surface area contributed by atoms with Crippen molar-refractivity contribution in [2.75, 3.05) is 16.8 Å². The number of halogens is 3. The quantitative estimate of drug-likeness (QED) is 0.660. The lowest BCUT2D eigenvalue weighted by Crippen LogP contribution is -2.38. The van der Waals surface area contributed by atoms with Gasteiger partial charge in [-0.25, -0.2) is 0 Å². The van der Waals surface area contributed by atoms with Crippen molar-refractivity contribution in [1.82, 2.24) is 4.98 Å². The van der Waals surface area contributed by atoms with E-state index < -0.39 is 23.7 Å². The van der Waals surface area contributed by atoms with E-state index >= 15 is 0 Å². The van der Waals surface area contributed by atoms with E-state index in [1.165, 1.54) is 4.90 Å². The number of alkyl halides is 3. The molecular formula is C22H18F3N3O2. The molecule has 154 valence electrons. The molecule has 0 spiro atoms. The molecule has 0 aliphatic rings. The van der Waals surface area contributed by atoms with Gasteiger partial charge < -0.3 is 5.32 Å². The van der Waals surface area contributed by atoms with Crippen molar-refractivity contribution in [1.29, 1.82) is 0 Å². The Balaban J connectivity index is 1.83. The summed E-state index contributed by atoms with van der Waals surface area (Å²) in [4.78, 5) is 30.0. The zero-order valence-electron chi connectivity index (χ0n) is 16.0. The molecule has 0 bridgehead atoms. The third-order valence-electron chi connectivity index (χ3n) is 4.25. The Morgan fingerprint density at radius 1 is 0.967 bits per heavy atom. The van der Waals surface area contributed by atoms with Crippen molar-refractivity contribution in [2.24, 2.45) is 0 Å². The van der Waals surface area contributed by atoms with Gasteiger partial charge in [0.1, 0.15) is 12.2 Å². The number of hydrogen-bond donors (Lipinski definition) is 1. The molecule has 1 heterocycles. The molecule has 2 amide bonds. The lowest BCUT2D eigenvalue weighted by atomic mass is 10.2. The highest BCUT2D eigenvalue weighted by atomic mass is 19.4. The monoisotopic (exact) mass is 413 g/mol. The Hall–Kier alpha value is -3.68. The summed E-state index contributed by atoms with van der Waals surface area (Å²) in [5.41, 5.74) is 0.880. The summed E-state index contributed by atoms with van der Waals surface area (Å²) >= 11 is 0. The summed E-state index contributed by atoms with van der Waals surface area (Å²) < 4.78 is 38.2. The summed E-state index contributed by atoms with van der Waals surface area (Å²) in [6, 6.07) is 17.3. The molecule has 0 fully saturated rings. The van der Waals surface area contributed by atoms with E-state index in [4.69, 9.17) is 0 Å². The van der Waals surface area contributed by atoms with Crippen LogP contribution in [-0.2, 0) is 11.0 Å². The number of hydrogen-bond acceptors (Lipinski definition) is 3. The van der Waals surface area contributed by atoms with Gasteiger partial charge in [0.15, 0.2) is 0 Å². The first-order chi connectivity index (χ1) is 14.2. The molecule has 30 heavy (non-hydrogen) atoms. The van der Waals surface area contributed by atoms with Crippen molar-refractivity contribution < 1.29 is 22.8 Å². The molecule has 3 aromatic rings. The third-order valence-corrected chi connectivity index (χ3v) is 4.25. The van der Waals surface area contributed by atoms with Crippen LogP contribution < -0.4 is 10.2 Å². The number of rotatable bonds is 5. The first-order valence-electron chi connectivity index (χ1n) is 9.01. The number of amides is 2. The van der Waals surface area contributed by atoms with Gasteiger partial charge in [0.2, 0.25) is 5.91 Å². The fourth-order valence-electron chi connectivity index (χ4n) is 2.71. The molecule has 0 atom stereocenters. The molecule has 8 heteroatoms. The SMILES string of the molecule is Cc1ccc(NC(=O)CN(C(=O)c2ccc(C(F)(F)F)nc2)c2ccccc2)cc1. The van der Waals surface area contributed by atoms with Gasteiger partial charge in [-0.1, -0.05) is 35.9 Å². The lowest BCUT2D eigenvalue weighted by molar-refractivity contribution is -0.141. The van der Waals surface area contributed by atoms with Gasteiger partial charge >= 0.3 is 6.18 Å². The minimum absolute atomic E-state index is 0.0602. The molecule has 0 radical (unpaired) electrons. The van der Waals surface area contributed by atoms with E-state index in [1.807, 2.05) is 19.1 Å². The van der Waals surface area contributed by atoms with Crippen molar-refractivity contribution in [3.63, 3.8) is 0 Å². The highest BCUT2D eigenvalue weighted by Gasteiger charge is 2.32. The Morgan fingerprint density at radius 3 is 2.20 bits per heavy atom. The number of nitrogens with one attached hydrogen (secondary N) is 1. The van der Waals surface area contributed by atoms with E-state index in [0.29, 0.717) is 11.4 Å². The molecule has 3 rings (SSSR count). The van der Waals surface area contributed by atoms with E-state index in [9.17, 15) is 22.8 Å². The van der Waals surface area contributed by atoms with Crippen LogP contribution in [0.1, 0.15) is 21.6 Å². The average Bonchev–Trinajstić information content (AvgIpc) is 2.73. The van der Waals surface area contributed by atoms with E-state index in [2.05, 4.69) is 10.3 Å². The normalized spacial score (nSPS) is 11.1. The maximum Gasteiger partial charge on any atom is 0.433 e. The second-order valence-electron chi connectivity index (χ2n) is 6.57. The maximum absolute atomic E-state index is 13.0. The fourth-order valence-corrected chi connectivity index (χ4v) is 2.71. The van der Waals surface area contributed by atoms with Crippen molar-refractivity contribution in [3.05, 3.63) is 89.7 Å². The predicted molar refractivity (Wildman–Crippen MR) is 107 cm³/mol. The zero-order valence-corrected chi connectivity index (χ0v) is 16.0. The molecule has 0 unspecified atom stereocenters. The summed E-state index contributed by atoms with van der Waals surface area (Å²) in [6.07, 6.45) is -3.74. The van der Waals surface area contributed by atoms with Crippen LogP contribution >= 0.6 is 0 Å². The average molecular weight is 413 g/mol. The van der Waals surface area contributed by atoms with E-state index in [1.54, 1.807) is 42.5 Å². The number of pyridine rings is 1. The number of carbonyl (C=O) groups is 2. The number of aromatic nitrogens is 1. The number of aryl methyl sites for hydroxylation is 1. The maximum atomic E-state index is 13.0. The molecule has 1 aromatic heterocycles. The molecule has 0 aliphatic heterocycles. The van der Waals surface area contributed by atoms with Crippen molar-refractivity contribution in [3.8, 4) is 0 Å². The molecule has 0 aliphatic carbocycles. The topological polar surface area (TPSA) is 62.3 Å². The Labute approximate surface area is 171 Å². The van der Waals surface area contributed by atoms with Gasteiger partial charge in [0, 0.05) is 17.6 Å². The first-order valence-corrected chi connectivity index (χ1v) is 9.01. The number of para-hydroxylation sites is 1. The van der Waals surface area contributed by atoms with Crippen LogP contribution in [0.5, 0.6) is 0 Å². The van der Waals surface area contributed by atoms with Gasteiger partial charge in [-0.2, -0.15) is 13.2 Å². The second-order valence-corrected chi connectivity index (χ2v) is 6.57. The zero-order chi connectivity index (χ0) is 21.7. The summed E-state index contributed by atoms with van der Waals surface area (Å²) in [5.74, 6) is -1.09. The Bertz CT molecular complexity index is 1020. The van der Waals surface area contributed by atoms with Crippen molar-refractivity contribution >= 4 is 23.2 Å². The minimum Gasteiger partial charge on any atom is -0.325 e. The molecule has 0 saturated heterocycles. The number of carbonyl (C=O) groups excluding carboxylic acids is 2. The Morgan fingerprint density at radius 2 is 1.63 bits per heavy atom. The van der Waals surface area contributed by atoms with E-state index in [0.717, 1.165) is 23.9 Å². The minimum atomic E-state index is -4.60. The largest absolute Gasteiger partial charge is 0.433 e. The van der Waals surface area contributed by atoms with Crippen LogP contribution in [0, 0.1) is 6.92 Å². The molecule has 0 saturated carbocycles. The second kappa shape index (κ2) is 8.77. The summed E-state index contributed by atoms with van der Waals surface area (Å²) in [7, 11) is 0. The predicted octanol–water partition coefficient (Wildman–Crippen LogP) is 4.69. The third kappa shape index (κ3) is 5.22. The summed E-state index contributed by atoms with van der Waals surface area (Å²) in [6.45, 7) is 1.59. The van der Waals surface area contributed by atoms with Crippen LogP contribution in [0.3, 0.4) is 0 Å². The van der Waals surface area contributed by atoms with Crippen LogP contribution in [0.15, 0.2) is 72.9 Å². The molecule has 1 N–H and O–H groups in total. The molecule has 2 aromatic carbocycles. The van der Waals surface area contributed by atoms with Crippen LogP contribution in [0.25, 0.3) is 0 Å². The smallest absolute Gasteiger partial charge is 0.325 e. The van der Waals surface area contributed by atoms with E-state index in [-0.39, 0.29) is 12.1 Å².